The highest BCUT2D eigenvalue weighted by molar-refractivity contribution is 5.86. The van der Waals surface area contributed by atoms with Crippen molar-refractivity contribution in [3.63, 3.8) is 0 Å². The summed E-state index contributed by atoms with van der Waals surface area (Å²) >= 11 is 0. The Morgan fingerprint density at radius 3 is 2.75 bits per heavy atom. The van der Waals surface area contributed by atoms with Gasteiger partial charge in [0.05, 0.1) is 13.3 Å². The van der Waals surface area contributed by atoms with Crippen molar-refractivity contribution in [2.24, 2.45) is 0 Å². The monoisotopic (exact) mass is 267 g/mol. The van der Waals surface area contributed by atoms with Crippen molar-refractivity contribution in [2.75, 3.05) is 12.8 Å². The molecule has 0 aliphatic rings. The average molecular weight is 267 g/mol. The van der Waals surface area contributed by atoms with E-state index >= 15 is 0 Å². The third-order valence-electron chi connectivity index (χ3n) is 2.93. The maximum Gasteiger partial charge on any atom is 0.246 e. The van der Waals surface area contributed by atoms with Crippen molar-refractivity contribution in [3.8, 4) is 17.4 Å². The molecule has 3 aromatic rings. The van der Waals surface area contributed by atoms with Crippen molar-refractivity contribution in [1.82, 2.24) is 10.2 Å². The van der Waals surface area contributed by atoms with Crippen LogP contribution in [0.1, 0.15) is 0 Å². The second kappa shape index (κ2) is 5.05. The molecule has 0 aliphatic heterocycles. The van der Waals surface area contributed by atoms with E-state index in [0.717, 1.165) is 10.8 Å². The lowest BCUT2D eigenvalue weighted by Gasteiger charge is -2.11. The van der Waals surface area contributed by atoms with E-state index in [4.69, 9.17) is 15.2 Å². The van der Waals surface area contributed by atoms with Gasteiger partial charge in [0, 0.05) is 22.5 Å². The van der Waals surface area contributed by atoms with Gasteiger partial charge in [0.15, 0.2) is 11.5 Å². The SMILES string of the molecule is COc1cc(N)ccc1Oc1nncc2ccccc12. The van der Waals surface area contributed by atoms with Gasteiger partial charge in [0.1, 0.15) is 0 Å². The third kappa shape index (κ3) is 2.21. The maximum atomic E-state index is 5.81. The number of anilines is 1. The first kappa shape index (κ1) is 12.2. The number of hydrogen-bond acceptors (Lipinski definition) is 5. The molecule has 1 aromatic heterocycles. The molecular weight excluding hydrogens is 254 g/mol. The van der Waals surface area contributed by atoms with Crippen molar-refractivity contribution in [3.05, 3.63) is 48.7 Å². The van der Waals surface area contributed by atoms with Crippen LogP contribution in [0.5, 0.6) is 17.4 Å². The molecule has 20 heavy (non-hydrogen) atoms. The Morgan fingerprint density at radius 1 is 1.05 bits per heavy atom. The zero-order chi connectivity index (χ0) is 13.9. The molecule has 2 aromatic carbocycles. The minimum Gasteiger partial charge on any atom is -0.493 e. The Bertz CT molecular complexity index is 754. The Morgan fingerprint density at radius 2 is 1.90 bits per heavy atom. The predicted octanol–water partition coefficient (Wildman–Crippen LogP) is 3.01. The summed E-state index contributed by atoms with van der Waals surface area (Å²) in [5.74, 6) is 1.54. The minimum atomic E-state index is 0.436. The van der Waals surface area contributed by atoms with Crippen LogP contribution >= 0.6 is 0 Å². The van der Waals surface area contributed by atoms with Gasteiger partial charge in [-0.05, 0) is 18.2 Å². The van der Waals surface area contributed by atoms with Gasteiger partial charge in [-0.3, -0.25) is 0 Å². The van der Waals surface area contributed by atoms with Crippen LogP contribution in [0.25, 0.3) is 10.8 Å². The highest BCUT2D eigenvalue weighted by Gasteiger charge is 2.10. The number of hydrogen-bond donors (Lipinski definition) is 1. The van der Waals surface area contributed by atoms with Gasteiger partial charge in [0.2, 0.25) is 5.88 Å². The van der Waals surface area contributed by atoms with Crippen LogP contribution in [-0.4, -0.2) is 17.3 Å². The molecule has 2 N–H and O–H groups in total. The lowest BCUT2D eigenvalue weighted by atomic mass is 10.2. The highest BCUT2D eigenvalue weighted by atomic mass is 16.5. The summed E-state index contributed by atoms with van der Waals surface area (Å²) in [6, 6.07) is 13.0. The number of ether oxygens (including phenoxy) is 2. The van der Waals surface area contributed by atoms with E-state index in [2.05, 4.69) is 10.2 Å². The molecule has 0 bridgehead atoms. The van der Waals surface area contributed by atoms with E-state index in [1.165, 1.54) is 0 Å². The summed E-state index contributed by atoms with van der Waals surface area (Å²) in [7, 11) is 1.57. The molecule has 0 spiro atoms. The lowest BCUT2D eigenvalue weighted by molar-refractivity contribution is 0.374. The standard InChI is InChI=1S/C15H13N3O2/c1-19-14-8-11(16)6-7-13(14)20-15-12-5-3-2-4-10(12)9-17-18-15/h2-9H,16H2,1H3. The van der Waals surface area contributed by atoms with E-state index in [9.17, 15) is 0 Å². The highest BCUT2D eigenvalue weighted by Crippen LogP contribution is 2.34. The fourth-order valence-electron chi connectivity index (χ4n) is 1.95. The quantitative estimate of drug-likeness (QED) is 0.739. The molecule has 3 rings (SSSR count). The summed E-state index contributed by atoms with van der Waals surface area (Å²) in [6.45, 7) is 0. The Balaban J connectivity index is 2.05. The van der Waals surface area contributed by atoms with Crippen LogP contribution in [0.4, 0.5) is 5.69 Å². The molecular formula is C15H13N3O2. The molecule has 0 aliphatic carbocycles. The van der Waals surface area contributed by atoms with E-state index in [1.54, 1.807) is 31.5 Å². The number of rotatable bonds is 3. The first-order valence-electron chi connectivity index (χ1n) is 6.10. The summed E-state index contributed by atoms with van der Waals surface area (Å²) in [5.41, 5.74) is 6.33. The Labute approximate surface area is 116 Å². The first-order valence-corrected chi connectivity index (χ1v) is 6.10. The largest absolute Gasteiger partial charge is 0.493 e. The normalized spacial score (nSPS) is 10.4. The molecule has 100 valence electrons. The van der Waals surface area contributed by atoms with Gasteiger partial charge in [-0.2, -0.15) is 5.10 Å². The summed E-state index contributed by atoms with van der Waals surface area (Å²) < 4.78 is 11.1. The van der Waals surface area contributed by atoms with Crippen LogP contribution in [0.2, 0.25) is 0 Å². The smallest absolute Gasteiger partial charge is 0.246 e. The van der Waals surface area contributed by atoms with Gasteiger partial charge in [-0.1, -0.05) is 18.2 Å². The minimum absolute atomic E-state index is 0.436. The van der Waals surface area contributed by atoms with Crippen LogP contribution in [0, 0.1) is 0 Å². The van der Waals surface area contributed by atoms with Crippen molar-refractivity contribution in [1.29, 1.82) is 0 Å². The second-order valence-electron chi connectivity index (χ2n) is 4.25. The zero-order valence-corrected chi connectivity index (χ0v) is 10.9. The van der Waals surface area contributed by atoms with E-state index < -0.39 is 0 Å². The van der Waals surface area contributed by atoms with Crippen LogP contribution < -0.4 is 15.2 Å². The molecule has 0 radical (unpaired) electrons. The van der Waals surface area contributed by atoms with E-state index in [0.29, 0.717) is 23.1 Å². The van der Waals surface area contributed by atoms with Gasteiger partial charge in [-0.15, -0.1) is 5.10 Å². The van der Waals surface area contributed by atoms with Crippen LogP contribution in [-0.2, 0) is 0 Å². The van der Waals surface area contributed by atoms with Gasteiger partial charge in [-0.25, -0.2) is 0 Å². The van der Waals surface area contributed by atoms with Crippen LogP contribution in [0.15, 0.2) is 48.7 Å². The average Bonchev–Trinajstić information content (AvgIpc) is 2.49. The fraction of sp³-hybridized carbons (Fsp3) is 0.0667. The summed E-state index contributed by atoms with van der Waals surface area (Å²) in [5, 5.41) is 9.84. The molecule has 0 unspecified atom stereocenters. The lowest BCUT2D eigenvalue weighted by Crippen LogP contribution is -1.95. The fourth-order valence-corrected chi connectivity index (χ4v) is 1.95. The molecule has 5 nitrogen and oxygen atoms in total. The second-order valence-corrected chi connectivity index (χ2v) is 4.25. The van der Waals surface area contributed by atoms with E-state index in [-0.39, 0.29) is 0 Å². The third-order valence-corrected chi connectivity index (χ3v) is 2.93. The van der Waals surface area contributed by atoms with Crippen molar-refractivity contribution < 1.29 is 9.47 Å². The molecule has 0 amide bonds. The van der Waals surface area contributed by atoms with Gasteiger partial charge < -0.3 is 15.2 Å². The first-order chi connectivity index (χ1) is 9.78. The predicted molar refractivity (Wildman–Crippen MR) is 77.0 cm³/mol. The molecule has 0 atom stereocenters. The van der Waals surface area contributed by atoms with E-state index in [1.807, 2.05) is 24.3 Å². The number of benzene rings is 2. The molecule has 0 saturated heterocycles. The number of aromatic nitrogens is 2. The zero-order valence-electron chi connectivity index (χ0n) is 10.9. The molecule has 5 heteroatoms. The van der Waals surface area contributed by atoms with Gasteiger partial charge in [0.25, 0.3) is 0 Å². The number of nitrogens with two attached hydrogens (primary N) is 1. The number of nitrogens with zero attached hydrogens (tertiary/aromatic N) is 2. The maximum absolute atomic E-state index is 5.81. The number of nitrogen functional groups attached to an aromatic ring is 1. The number of fused-ring (bicyclic) bond motifs is 1. The Hall–Kier alpha value is -2.82. The van der Waals surface area contributed by atoms with Crippen LogP contribution in [0.3, 0.4) is 0 Å². The Kier molecular flexibility index (Phi) is 3.09. The summed E-state index contributed by atoms with van der Waals surface area (Å²) in [4.78, 5) is 0. The van der Waals surface area contributed by atoms with Gasteiger partial charge >= 0.3 is 0 Å². The topological polar surface area (TPSA) is 70.3 Å². The van der Waals surface area contributed by atoms with Crippen molar-refractivity contribution in [2.45, 2.75) is 0 Å². The molecule has 0 saturated carbocycles. The molecule has 1 heterocycles. The van der Waals surface area contributed by atoms with Crippen molar-refractivity contribution >= 4 is 16.5 Å². The molecule has 0 fully saturated rings. The summed E-state index contributed by atoms with van der Waals surface area (Å²) in [6.07, 6.45) is 1.70. The number of methoxy groups -OCH3 is 1.